The van der Waals surface area contributed by atoms with Gasteiger partial charge in [0.15, 0.2) is 0 Å². The molecule has 0 atom stereocenters. The van der Waals surface area contributed by atoms with Gasteiger partial charge in [0.1, 0.15) is 0 Å². The summed E-state index contributed by atoms with van der Waals surface area (Å²) in [6, 6.07) is 2.95. The maximum absolute atomic E-state index is 3.15. The molecule has 0 aliphatic carbocycles. The van der Waals surface area contributed by atoms with E-state index in [4.69, 9.17) is 0 Å². The summed E-state index contributed by atoms with van der Waals surface area (Å²) in [6.45, 7) is 26.8. The van der Waals surface area contributed by atoms with Crippen LogP contribution >= 0.6 is 0 Å². The van der Waals surface area contributed by atoms with Gasteiger partial charge in [-0.3, -0.25) is 13.7 Å². The Kier molecular flexibility index (Phi) is 24.2. The van der Waals surface area contributed by atoms with Crippen molar-refractivity contribution in [1.29, 1.82) is 0 Å². The highest BCUT2D eigenvalue weighted by molar-refractivity contribution is 6.72. The van der Waals surface area contributed by atoms with E-state index in [9.17, 15) is 0 Å². The Balaban J connectivity index is 6.64. The van der Waals surface area contributed by atoms with Gasteiger partial charge >= 0.3 is 0 Å². The molecular weight excluding hydrogens is 471 g/mol. The van der Waals surface area contributed by atoms with Crippen molar-refractivity contribution in [3.05, 3.63) is 11.3 Å². The molecular formula is C31H69N3Si2. The van der Waals surface area contributed by atoms with Crippen LogP contribution in [0, 0.1) is 0 Å². The van der Waals surface area contributed by atoms with Crippen LogP contribution in [0.15, 0.2) is 11.3 Å². The molecule has 5 heteroatoms. The quantitative estimate of drug-likeness (QED) is 0.0805. The number of rotatable bonds is 26. The smallest absolute Gasteiger partial charge is 0.289 e. The SMILES string of the molecule is CCCCN(CCCC)[Si](CCC[SiH2]C=C(C)C)(N(CCCC)CCCC)N(CCCC)CCCC. The van der Waals surface area contributed by atoms with Gasteiger partial charge in [0, 0.05) is 9.52 Å². The first kappa shape index (κ1) is 36.1. The Bertz CT molecular complexity index is 434. The molecule has 0 radical (unpaired) electrons. The van der Waals surface area contributed by atoms with Crippen molar-refractivity contribution in [3.8, 4) is 0 Å². The lowest BCUT2D eigenvalue weighted by Crippen LogP contribution is -2.76. The molecule has 0 heterocycles. The highest BCUT2D eigenvalue weighted by Gasteiger charge is 2.49. The first-order chi connectivity index (χ1) is 17.5. The molecule has 0 bridgehead atoms. The molecule has 0 aromatic rings. The zero-order valence-corrected chi connectivity index (χ0v) is 28.9. The highest BCUT2D eigenvalue weighted by atomic mass is 28.4. The summed E-state index contributed by atoms with van der Waals surface area (Å²) in [5.74, 6) is 0. The first-order valence-corrected chi connectivity index (χ1v) is 20.2. The normalized spacial score (nSPS) is 12.6. The summed E-state index contributed by atoms with van der Waals surface area (Å²) in [5, 5.41) is 0. The van der Waals surface area contributed by atoms with Crippen molar-refractivity contribution in [2.24, 2.45) is 0 Å². The van der Waals surface area contributed by atoms with Crippen LogP contribution in [-0.4, -0.2) is 71.0 Å². The van der Waals surface area contributed by atoms with Crippen molar-refractivity contribution in [3.63, 3.8) is 0 Å². The second-order valence-electron chi connectivity index (χ2n) is 11.4. The zero-order chi connectivity index (χ0) is 27.1. The summed E-state index contributed by atoms with van der Waals surface area (Å²) in [6.07, 6.45) is 17.5. The molecule has 0 fully saturated rings. The summed E-state index contributed by atoms with van der Waals surface area (Å²) in [5.41, 5.74) is 4.14. The molecule has 0 N–H and O–H groups in total. The number of hydrogen-bond acceptors (Lipinski definition) is 3. The maximum Gasteiger partial charge on any atom is 0.289 e. The van der Waals surface area contributed by atoms with Gasteiger partial charge in [0.05, 0.1) is 0 Å². The average molecular weight is 540 g/mol. The monoisotopic (exact) mass is 540 g/mol. The number of nitrogens with zero attached hydrogens (tertiary/aromatic N) is 3. The Labute approximate surface area is 232 Å². The molecule has 36 heavy (non-hydrogen) atoms. The molecule has 0 aliphatic heterocycles. The third-order valence-corrected chi connectivity index (χ3v) is 15.1. The van der Waals surface area contributed by atoms with Gasteiger partial charge in [-0.15, -0.1) is 5.70 Å². The minimum atomic E-state index is -1.98. The Hall–Kier alpha value is 0.0538. The van der Waals surface area contributed by atoms with Gasteiger partial charge in [-0.1, -0.05) is 98.1 Å². The van der Waals surface area contributed by atoms with Crippen LogP contribution in [0.5, 0.6) is 0 Å². The molecule has 216 valence electrons. The van der Waals surface area contributed by atoms with Crippen LogP contribution in [0.25, 0.3) is 0 Å². The highest BCUT2D eigenvalue weighted by Crippen LogP contribution is 2.31. The molecule has 0 aliphatic rings. The van der Waals surface area contributed by atoms with Crippen molar-refractivity contribution in [2.45, 2.75) is 151 Å². The van der Waals surface area contributed by atoms with Crippen molar-refractivity contribution >= 4 is 18.1 Å². The number of allylic oxidation sites excluding steroid dienone is 1. The minimum Gasteiger partial charge on any atom is -0.299 e. The van der Waals surface area contributed by atoms with Gasteiger partial charge in [0.25, 0.3) is 8.56 Å². The number of hydrogen-bond donors (Lipinski definition) is 0. The molecule has 3 nitrogen and oxygen atoms in total. The first-order valence-electron chi connectivity index (χ1n) is 16.4. The summed E-state index contributed by atoms with van der Waals surface area (Å²) in [4.78, 5) is 0. The summed E-state index contributed by atoms with van der Waals surface area (Å²) >= 11 is 0. The standard InChI is InChI=1S/C31H69N3Si2/c1-9-15-22-32(23-16-10-2)36(29-21-28-35-30-31(7)8,33(24-17-11-3)25-18-12-4)34(26-19-13-5)27-20-14-6/h30H,9-29,35H2,1-8H3. The Morgan fingerprint density at radius 2 is 0.833 bits per heavy atom. The lowest BCUT2D eigenvalue weighted by atomic mass is 10.3. The van der Waals surface area contributed by atoms with Gasteiger partial charge < -0.3 is 0 Å². The predicted octanol–water partition coefficient (Wildman–Crippen LogP) is 8.53. The van der Waals surface area contributed by atoms with Crippen molar-refractivity contribution in [2.75, 3.05) is 39.3 Å². The van der Waals surface area contributed by atoms with Crippen molar-refractivity contribution < 1.29 is 0 Å². The van der Waals surface area contributed by atoms with E-state index >= 15 is 0 Å². The molecule has 0 aromatic carbocycles. The third-order valence-electron chi connectivity index (χ3n) is 7.73. The molecule has 0 rings (SSSR count). The third kappa shape index (κ3) is 14.3. The Morgan fingerprint density at radius 1 is 0.528 bits per heavy atom. The van der Waals surface area contributed by atoms with E-state index in [-0.39, 0.29) is 9.52 Å². The topological polar surface area (TPSA) is 9.72 Å². The fourth-order valence-electron chi connectivity index (χ4n) is 5.48. The van der Waals surface area contributed by atoms with Crippen LogP contribution < -0.4 is 0 Å². The molecule has 0 unspecified atom stereocenters. The second-order valence-corrected chi connectivity index (χ2v) is 17.0. The van der Waals surface area contributed by atoms with Gasteiger partial charge in [0.2, 0.25) is 0 Å². The van der Waals surface area contributed by atoms with E-state index in [1.54, 1.807) is 0 Å². The zero-order valence-electron chi connectivity index (χ0n) is 26.5. The van der Waals surface area contributed by atoms with Gasteiger partial charge in [-0.05, 0) is 97.7 Å². The van der Waals surface area contributed by atoms with Gasteiger partial charge in [-0.25, -0.2) is 0 Å². The van der Waals surface area contributed by atoms with E-state index in [2.05, 4.69) is 74.8 Å². The molecule has 0 amide bonds. The van der Waals surface area contributed by atoms with Crippen LogP contribution in [0.1, 0.15) is 139 Å². The van der Waals surface area contributed by atoms with Crippen LogP contribution in [0.2, 0.25) is 12.1 Å². The lowest BCUT2D eigenvalue weighted by Gasteiger charge is -2.55. The van der Waals surface area contributed by atoms with E-state index in [0.717, 1.165) is 0 Å². The Morgan fingerprint density at radius 3 is 1.08 bits per heavy atom. The summed E-state index contributed by atoms with van der Waals surface area (Å²) < 4.78 is 9.46. The minimum absolute atomic E-state index is 0.0695. The van der Waals surface area contributed by atoms with Crippen LogP contribution in [0.4, 0.5) is 0 Å². The molecule has 0 spiro atoms. The lowest BCUT2D eigenvalue weighted by molar-refractivity contribution is 0.221. The van der Waals surface area contributed by atoms with E-state index in [1.165, 1.54) is 140 Å². The number of unbranched alkanes of at least 4 members (excludes halogenated alkanes) is 6. The van der Waals surface area contributed by atoms with E-state index < -0.39 is 8.56 Å². The van der Waals surface area contributed by atoms with Gasteiger partial charge in [-0.2, -0.15) is 0 Å². The fraction of sp³-hybridized carbons (Fsp3) is 0.935. The van der Waals surface area contributed by atoms with Crippen LogP contribution in [0.3, 0.4) is 0 Å². The van der Waals surface area contributed by atoms with Crippen molar-refractivity contribution in [1.82, 2.24) is 13.7 Å². The van der Waals surface area contributed by atoms with Crippen LogP contribution in [-0.2, 0) is 0 Å². The molecule has 0 aromatic heterocycles. The predicted molar refractivity (Wildman–Crippen MR) is 172 cm³/mol. The van der Waals surface area contributed by atoms with E-state index in [1.807, 2.05) is 0 Å². The maximum atomic E-state index is 3.15. The fourth-order valence-corrected chi connectivity index (χ4v) is 13.3. The van der Waals surface area contributed by atoms with E-state index in [0.29, 0.717) is 0 Å². The average Bonchev–Trinajstić information content (AvgIpc) is 2.87. The second kappa shape index (κ2) is 24.1. The molecule has 0 saturated carbocycles. The summed E-state index contributed by atoms with van der Waals surface area (Å²) in [7, 11) is -2.05. The molecule has 0 saturated heterocycles. The largest absolute Gasteiger partial charge is 0.299 e.